The molecule has 4 bridgehead atoms. The van der Waals surface area contributed by atoms with Gasteiger partial charge < -0.3 is 4.98 Å². The highest BCUT2D eigenvalue weighted by molar-refractivity contribution is 5.93. The Hall–Kier alpha value is -1.65. The first-order chi connectivity index (χ1) is 10.5. The van der Waals surface area contributed by atoms with Crippen LogP contribution in [0.1, 0.15) is 25.6 Å². The molecule has 0 aliphatic carbocycles. The predicted octanol–water partition coefficient (Wildman–Crippen LogP) is 2.39. The van der Waals surface area contributed by atoms with Gasteiger partial charge in [0.1, 0.15) is 5.78 Å². The maximum atomic E-state index is 12.8. The van der Waals surface area contributed by atoms with Crippen molar-refractivity contribution >= 4 is 16.7 Å². The first-order valence-corrected chi connectivity index (χ1v) is 8.09. The highest BCUT2D eigenvalue weighted by Gasteiger charge is 2.62. The first kappa shape index (κ1) is 12.9. The number of hydrogen-bond acceptors (Lipinski definition) is 3. The predicted molar refractivity (Wildman–Crippen MR) is 85.4 cm³/mol. The fourth-order valence-corrected chi connectivity index (χ4v) is 5.33. The van der Waals surface area contributed by atoms with Crippen molar-refractivity contribution in [3.8, 4) is 0 Å². The standard InChI is InChI=1S/C18H21N3O/c1-17-8-20-10-18(2,16(17)22)11-21(9-17)15(20)13-4-3-5-14-12(13)6-7-19-14/h3-7,15,19H,8-11H2,1-2H3. The average molecular weight is 295 g/mol. The van der Waals surface area contributed by atoms with Gasteiger partial charge in [-0.05, 0) is 17.7 Å². The van der Waals surface area contributed by atoms with Gasteiger partial charge in [0, 0.05) is 43.3 Å². The zero-order valence-electron chi connectivity index (χ0n) is 13.1. The number of Topliss-reactive ketones (excluding diaryl/α,β-unsaturated/α-hetero) is 1. The molecule has 1 aromatic heterocycles. The second-order valence-corrected chi connectivity index (χ2v) is 7.92. The molecule has 2 aromatic rings. The van der Waals surface area contributed by atoms with E-state index in [1.54, 1.807) is 0 Å². The molecule has 0 radical (unpaired) electrons. The van der Waals surface area contributed by atoms with E-state index in [2.05, 4.69) is 52.9 Å². The molecule has 4 fully saturated rings. The van der Waals surface area contributed by atoms with E-state index < -0.39 is 0 Å². The van der Waals surface area contributed by atoms with Gasteiger partial charge in [-0.15, -0.1) is 0 Å². The van der Waals surface area contributed by atoms with Crippen LogP contribution >= 0.6 is 0 Å². The SMILES string of the molecule is CC12CN3CC(C)(CN(C1)C3c1cccc3[nH]ccc13)C2=O. The molecule has 1 N–H and O–H groups in total. The van der Waals surface area contributed by atoms with Crippen LogP contribution in [0.15, 0.2) is 30.5 Å². The van der Waals surface area contributed by atoms with Crippen LogP contribution < -0.4 is 0 Å². The zero-order chi connectivity index (χ0) is 15.1. The number of piperidine rings is 2. The van der Waals surface area contributed by atoms with Crippen molar-refractivity contribution < 1.29 is 4.79 Å². The first-order valence-electron chi connectivity index (χ1n) is 8.09. The number of carbonyl (C=O) groups excluding carboxylic acids is 1. The zero-order valence-corrected chi connectivity index (χ0v) is 13.1. The van der Waals surface area contributed by atoms with E-state index in [0.29, 0.717) is 11.9 Å². The monoisotopic (exact) mass is 295 g/mol. The number of hydrogen-bond donors (Lipinski definition) is 1. The van der Waals surface area contributed by atoms with Gasteiger partial charge >= 0.3 is 0 Å². The van der Waals surface area contributed by atoms with Crippen LogP contribution in [0.3, 0.4) is 0 Å². The van der Waals surface area contributed by atoms with Crippen LogP contribution in [0.2, 0.25) is 0 Å². The number of nitrogens with one attached hydrogen (secondary N) is 1. The van der Waals surface area contributed by atoms with Gasteiger partial charge in [0.25, 0.3) is 0 Å². The summed E-state index contributed by atoms with van der Waals surface area (Å²) in [5, 5.41) is 1.31. The lowest BCUT2D eigenvalue weighted by atomic mass is 9.62. The molecule has 0 spiro atoms. The van der Waals surface area contributed by atoms with Crippen molar-refractivity contribution in [1.82, 2.24) is 14.8 Å². The van der Waals surface area contributed by atoms with Crippen molar-refractivity contribution in [2.45, 2.75) is 20.0 Å². The molecule has 5 heterocycles. The van der Waals surface area contributed by atoms with Crippen molar-refractivity contribution in [2.75, 3.05) is 26.2 Å². The molecule has 0 unspecified atom stereocenters. The lowest BCUT2D eigenvalue weighted by Crippen LogP contribution is -2.75. The average Bonchev–Trinajstić information content (AvgIpc) is 2.92. The minimum atomic E-state index is -0.187. The second-order valence-electron chi connectivity index (χ2n) is 7.92. The summed E-state index contributed by atoms with van der Waals surface area (Å²) in [5.74, 6) is 0.478. The Kier molecular flexibility index (Phi) is 2.23. The third-order valence-electron chi connectivity index (χ3n) is 5.90. The molecule has 0 atom stereocenters. The van der Waals surface area contributed by atoms with Gasteiger partial charge in [0.15, 0.2) is 0 Å². The number of benzene rings is 1. The van der Waals surface area contributed by atoms with Crippen molar-refractivity contribution in [3.05, 3.63) is 36.0 Å². The van der Waals surface area contributed by atoms with Crippen molar-refractivity contribution in [2.24, 2.45) is 10.8 Å². The molecule has 22 heavy (non-hydrogen) atoms. The number of aromatic amines is 1. The summed E-state index contributed by atoms with van der Waals surface area (Å²) in [6.45, 7) is 7.87. The minimum Gasteiger partial charge on any atom is -0.361 e. The molecule has 4 nitrogen and oxygen atoms in total. The number of rotatable bonds is 1. The quantitative estimate of drug-likeness (QED) is 0.878. The Morgan fingerprint density at radius 3 is 2.32 bits per heavy atom. The molecule has 4 heteroatoms. The van der Waals surface area contributed by atoms with Gasteiger partial charge in [-0.2, -0.15) is 0 Å². The molecule has 114 valence electrons. The van der Waals surface area contributed by atoms with E-state index in [4.69, 9.17) is 0 Å². The molecule has 0 amide bonds. The van der Waals surface area contributed by atoms with Crippen LogP contribution in [0.4, 0.5) is 0 Å². The second kappa shape index (κ2) is 3.81. The van der Waals surface area contributed by atoms with Crippen LogP contribution in [-0.2, 0) is 4.79 Å². The maximum absolute atomic E-state index is 12.8. The number of nitrogens with zero attached hydrogens (tertiary/aromatic N) is 2. The highest BCUT2D eigenvalue weighted by atomic mass is 16.1. The van der Waals surface area contributed by atoms with Crippen LogP contribution in [-0.4, -0.2) is 46.7 Å². The van der Waals surface area contributed by atoms with Gasteiger partial charge in [-0.3, -0.25) is 14.6 Å². The maximum Gasteiger partial charge on any atom is 0.149 e. The summed E-state index contributed by atoms with van der Waals surface area (Å²) in [6.07, 6.45) is 2.33. The molecule has 4 aliphatic rings. The van der Waals surface area contributed by atoms with Crippen molar-refractivity contribution in [1.29, 1.82) is 0 Å². The largest absolute Gasteiger partial charge is 0.361 e. The van der Waals surface area contributed by atoms with Gasteiger partial charge in [0.05, 0.1) is 17.0 Å². The summed E-state index contributed by atoms with van der Waals surface area (Å²) in [6, 6.07) is 8.68. The van der Waals surface area contributed by atoms with Crippen LogP contribution in [0.5, 0.6) is 0 Å². The normalized spacial score (nSPS) is 43.2. The Morgan fingerprint density at radius 2 is 1.68 bits per heavy atom. The molecule has 6 rings (SSSR count). The third kappa shape index (κ3) is 1.42. The van der Waals surface area contributed by atoms with E-state index in [0.717, 1.165) is 26.2 Å². The van der Waals surface area contributed by atoms with Crippen LogP contribution in [0.25, 0.3) is 10.9 Å². The van der Waals surface area contributed by atoms with Crippen molar-refractivity contribution in [3.63, 3.8) is 0 Å². The lowest BCUT2D eigenvalue weighted by molar-refractivity contribution is -0.196. The summed E-state index contributed by atoms with van der Waals surface area (Å²) in [5.41, 5.74) is 2.20. The van der Waals surface area contributed by atoms with E-state index in [-0.39, 0.29) is 10.8 Å². The number of aromatic nitrogens is 1. The summed E-state index contributed by atoms with van der Waals surface area (Å²) >= 11 is 0. The van der Waals surface area contributed by atoms with E-state index >= 15 is 0 Å². The Bertz CT molecular complexity index is 752. The minimum absolute atomic E-state index is 0.187. The Labute approximate surface area is 130 Å². The number of ketones is 1. The van der Waals surface area contributed by atoms with E-state index in [1.807, 2.05) is 6.20 Å². The number of H-pyrrole nitrogens is 1. The smallest absolute Gasteiger partial charge is 0.149 e. The molecular weight excluding hydrogens is 274 g/mol. The molecule has 4 aliphatic heterocycles. The topological polar surface area (TPSA) is 39.3 Å². The Balaban J connectivity index is 1.65. The summed E-state index contributed by atoms with van der Waals surface area (Å²) in [7, 11) is 0. The molecule has 0 saturated carbocycles. The fraction of sp³-hybridized carbons (Fsp3) is 0.500. The fourth-order valence-electron chi connectivity index (χ4n) is 5.33. The van der Waals surface area contributed by atoms with Gasteiger partial charge in [-0.1, -0.05) is 26.0 Å². The lowest BCUT2D eigenvalue weighted by Gasteiger charge is -2.64. The van der Waals surface area contributed by atoms with Gasteiger partial charge in [-0.25, -0.2) is 0 Å². The number of carbonyl (C=O) groups is 1. The van der Waals surface area contributed by atoms with E-state index in [9.17, 15) is 4.79 Å². The molecular formula is C18H21N3O. The van der Waals surface area contributed by atoms with Crippen LogP contribution in [0, 0.1) is 10.8 Å². The van der Waals surface area contributed by atoms with E-state index in [1.165, 1.54) is 16.5 Å². The highest BCUT2D eigenvalue weighted by Crippen LogP contribution is 2.52. The Morgan fingerprint density at radius 1 is 1.05 bits per heavy atom. The molecule has 4 saturated heterocycles. The summed E-state index contributed by atoms with van der Waals surface area (Å²) < 4.78 is 0. The summed E-state index contributed by atoms with van der Waals surface area (Å²) in [4.78, 5) is 21.1. The number of fused-ring (bicyclic) bond motifs is 1. The third-order valence-corrected chi connectivity index (χ3v) is 5.90. The van der Waals surface area contributed by atoms with Gasteiger partial charge in [0.2, 0.25) is 0 Å². The molecule has 1 aromatic carbocycles.